The molecule has 6 nitrogen and oxygen atoms in total. The van der Waals surface area contributed by atoms with Crippen LogP contribution < -0.4 is 5.32 Å². The van der Waals surface area contributed by atoms with E-state index in [2.05, 4.69) is 10.4 Å². The van der Waals surface area contributed by atoms with Crippen molar-refractivity contribution in [3.8, 4) is 0 Å². The zero-order valence-electron chi connectivity index (χ0n) is 11.7. The lowest BCUT2D eigenvalue weighted by molar-refractivity contribution is 0.0607. The van der Waals surface area contributed by atoms with Gasteiger partial charge in [0.05, 0.1) is 24.6 Å². The number of carbonyl (C=O) groups excluding carboxylic acids is 2. The fourth-order valence-corrected chi connectivity index (χ4v) is 2.67. The smallest absolute Gasteiger partial charge is 0.350 e. The first kappa shape index (κ1) is 14.3. The summed E-state index contributed by atoms with van der Waals surface area (Å²) in [5.41, 5.74) is 2.56. The van der Waals surface area contributed by atoms with Crippen LogP contribution in [0.1, 0.15) is 31.3 Å². The Labute approximate surface area is 120 Å². The van der Waals surface area contributed by atoms with Crippen LogP contribution in [0.2, 0.25) is 0 Å². The maximum atomic E-state index is 12.2. The second kappa shape index (κ2) is 5.46. The van der Waals surface area contributed by atoms with Crippen molar-refractivity contribution in [2.24, 2.45) is 7.05 Å². The number of carbonyl (C=O) groups is 2. The molecular formula is C13H15N3O3S. The molecule has 2 aromatic heterocycles. The third-order valence-electron chi connectivity index (χ3n) is 3.06. The molecule has 106 valence electrons. The van der Waals surface area contributed by atoms with Crippen molar-refractivity contribution in [1.82, 2.24) is 9.78 Å². The van der Waals surface area contributed by atoms with Crippen LogP contribution in [-0.4, -0.2) is 28.8 Å². The van der Waals surface area contributed by atoms with Crippen molar-refractivity contribution < 1.29 is 14.3 Å². The predicted molar refractivity (Wildman–Crippen MR) is 76.3 cm³/mol. The quantitative estimate of drug-likeness (QED) is 0.880. The van der Waals surface area contributed by atoms with Crippen molar-refractivity contribution in [2.75, 3.05) is 12.4 Å². The van der Waals surface area contributed by atoms with Crippen molar-refractivity contribution in [3.05, 3.63) is 33.3 Å². The normalized spacial score (nSPS) is 10.4. The monoisotopic (exact) mass is 293 g/mol. The molecule has 0 saturated carbocycles. The maximum Gasteiger partial charge on any atom is 0.350 e. The molecule has 0 radical (unpaired) electrons. The number of rotatable bonds is 3. The van der Waals surface area contributed by atoms with Crippen LogP contribution in [-0.2, 0) is 11.8 Å². The number of ether oxygens (including phenoxy) is 1. The fourth-order valence-electron chi connectivity index (χ4n) is 1.74. The second-order valence-corrected chi connectivity index (χ2v) is 5.22. The van der Waals surface area contributed by atoms with E-state index in [0.717, 1.165) is 11.3 Å². The zero-order valence-corrected chi connectivity index (χ0v) is 12.5. The lowest BCUT2D eigenvalue weighted by Gasteiger charge is -2.07. The standard InChI is InChI=1S/C13H15N3O3S/c1-7-6-20-11(13(18)19-4)10(7)15-12(17)9-5-14-16(3)8(9)2/h5-6H,1-4H3,(H,15,17). The van der Waals surface area contributed by atoms with Gasteiger partial charge < -0.3 is 10.1 Å². The first-order valence-corrected chi connectivity index (χ1v) is 6.80. The molecule has 0 aliphatic rings. The topological polar surface area (TPSA) is 73.2 Å². The minimum absolute atomic E-state index is 0.290. The Kier molecular flexibility index (Phi) is 3.89. The van der Waals surface area contributed by atoms with Gasteiger partial charge in [0.1, 0.15) is 4.88 Å². The molecule has 2 heterocycles. The van der Waals surface area contributed by atoms with E-state index in [1.807, 2.05) is 13.8 Å². The summed E-state index contributed by atoms with van der Waals surface area (Å²) >= 11 is 1.25. The average molecular weight is 293 g/mol. The summed E-state index contributed by atoms with van der Waals surface area (Å²) in [4.78, 5) is 24.3. The number of nitrogens with zero attached hydrogens (tertiary/aromatic N) is 2. The molecule has 0 aromatic carbocycles. The lowest BCUT2D eigenvalue weighted by atomic mass is 10.2. The van der Waals surface area contributed by atoms with Gasteiger partial charge in [0.15, 0.2) is 0 Å². The molecule has 1 N–H and O–H groups in total. The van der Waals surface area contributed by atoms with Crippen LogP contribution >= 0.6 is 11.3 Å². The molecule has 2 rings (SSSR count). The Morgan fingerprint density at radius 2 is 2.10 bits per heavy atom. The number of esters is 1. The summed E-state index contributed by atoms with van der Waals surface area (Å²) < 4.78 is 6.33. The minimum atomic E-state index is -0.457. The summed E-state index contributed by atoms with van der Waals surface area (Å²) in [6.45, 7) is 3.64. The van der Waals surface area contributed by atoms with E-state index >= 15 is 0 Å². The molecule has 7 heteroatoms. The highest BCUT2D eigenvalue weighted by atomic mass is 32.1. The molecule has 1 amide bonds. The highest BCUT2D eigenvalue weighted by Crippen LogP contribution is 2.28. The highest BCUT2D eigenvalue weighted by molar-refractivity contribution is 7.12. The third-order valence-corrected chi connectivity index (χ3v) is 4.14. The highest BCUT2D eigenvalue weighted by Gasteiger charge is 2.20. The summed E-state index contributed by atoms with van der Waals surface area (Å²) in [7, 11) is 3.08. The Bertz CT molecular complexity index is 672. The van der Waals surface area contributed by atoms with E-state index in [-0.39, 0.29) is 5.91 Å². The van der Waals surface area contributed by atoms with E-state index in [1.54, 1.807) is 17.1 Å². The third kappa shape index (κ3) is 2.44. The van der Waals surface area contributed by atoms with Crippen molar-refractivity contribution >= 4 is 28.9 Å². The number of anilines is 1. The van der Waals surface area contributed by atoms with Crippen LogP contribution in [0.15, 0.2) is 11.6 Å². The van der Waals surface area contributed by atoms with Crippen molar-refractivity contribution in [1.29, 1.82) is 0 Å². The summed E-state index contributed by atoms with van der Waals surface area (Å²) in [5.74, 6) is -0.747. The van der Waals surface area contributed by atoms with Gasteiger partial charge in [0.25, 0.3) is 5.91 Å². The lowest BCUT2D eigenvalue weighted by Crippen LogP contribution is -2.15. The van der Waals surface area contributed by atoms with Gasteiger partial charge in [0.2, 0.25) is 0 Å². The second-order valence-electron chi connectivity index (χ2n) is 4.34. The molecule has 0 unspecified atom stereocenters. The van der Waals surface area contributed by atoms with Crippen LogP contribution in [0.3, 0.4) is 0 Å². The Balaban J connectivity index is 2.31. The molecule has 0 atom stereocenters. The molecule has 0 saturated heterocycles. The maximum absolute atomic E-state index is 12.2. The molecule has 20 heavy (non-hydrogen) atoms. The van der Waals surface area contributed by atoms with Crippen LogP contribution in [0.5, 0.6) is 0 Å². The molecule has 0 aliphatic heterocycles. The molecule has 0 fully saturated rings. The van der Waals surface area contributed by atoms with Gasteiger partial charge in [-0.05, 0) is 24.8 Å². The van der Waals surface area contributed by atoms with Crippen LogP contribution in [0, 0.1) is 13.8 Å². The van der Waals surface area contributed by atoms with Gasteiger partial charge >= 0.3 is 5.97 Å². The number of thiophene rings is 1. The van der Waals surface area contributed by atoms with E-state index in [1.165, 1.54) is 24.6 Å². The first-order chi connectivity index (χ1) is 9.45. The molecule has 0 aliphatic carbocycles. The number of aryl methyl sites for hydroxylation is 2. The number of hydrogen-bond donors (Lipinski definition) is 1. The number of amides is 1. The van der Waals surface area contributed by atoms with E-state index < -0.39 is 5.97 Å². The van der Waals surface area contributed by atoms with E-state index in [4.69, 9.17) is 4.74 Å². The summed E-state index contributed by atoms with van der Waals surface area (Å²) in [6.07, 6.45) is 1.50. The van der Waals surface area contributed by atoms with Crippen LogP contribution in [0.25, 0.3) is 0 Å². The Hall–Kier alpha value is -2.15. The first-order valence-electron chi connectivity index (χ1n) is 5.92. The number of methoxy groups -OCH3 is 1. The van der Waals surface area contributed by atoms with Gasteiger partial charge in [0, 0.05) is 12.7 Å². The van der Waals surface area contributed by atoms with Gasteiger partial charge in [-0.15, -0.1) is 11.3 Å². The fraction of sp³-hybridized carbons (Fsp3) is 0.308. The van der Waals surface area contributed by atoms with Crippen molar-refractivity contribution in [2.45, 2.75) is 13.8 Å². The zero-order chi connectivity index (χ0) is 14.9. The van der Waals surface area contributed by atoms with Gasteiger partial charge in [-0.25, -0.2) is 4.79 Å². The van der Waals surface area contributed by atoms with Gasteiger partial charge in [-0.2, -0.15) is 5.10 Å². The summed E-state index contributed by atoms with van der Waals surface area (Å²) in [5, 5.41) is 8.59. The van der Waals surface area contributed by atoms with E-state index in [9.17, 15) is 9.59 Å². The SMILES string of the molecule is COC(=O)c1scc(C)c1NC(=O)c1cnn(C)c1C. The van der Waals surface area contributed by atoms with Gasteiger partial charge in [-0.1, -0.05) is 0 Å². The number of hydrogen-bond acceptors (Lipinski definition) is 5. The number of aromatic nitrogens is 2. The van der Waals surface area contributed by atoms with Crippen molar-refractivity contribution in [3.63, 3.8) is 0 Å². The molecular weight excluding hydrogens is 278 g/mol. The average Bonchev–Trinajstić information content (AvgIpc) is 2.94. The largest absolute Gasteiger partial charge is 0.465 e. The van der Waals surface area contributed by atoms with Gasteiger partial charge in [-0.3, -0.25) is 9.48 Å². The molecule has 0 spiro atoms. The number of nitrogens with one attached hydrogen (secondary N) is 1. The molecule has 0 bridgehead atoms. The van der Waals surface area contributed by atoms with Crippen LogP contribution in [0.4, 0.5) is 5.69 Å². The van der Waals surface area contributed by atoms with E-state index in [0.29, 0.717) is 16.1 Å². The summed E-state index contributed by atoms with van der Waals surface area (Å²) in [6, 6.07) is 0. The predicted octanol–water partition coefficient (Wildman–Crippen LogP) is 2.14. The minimum Gasteiger partial charge on any atom is -0.465 e. The Morgan fingerprint density at radius 3 is 2.65 bits per heavy atom. The molecule has 2 aromatic rings. The Morgan fingerprint density at radius 1 is 1.40 bits per heavy atom.